The van der Waals surface area contributed by atoms with Gasteiger partial charge in [0.25, 0.3) is 0 Å². The van der Waals surface area contributed by atoms with Crippen LogP contribution in [0.4, 0.5) is 0 Å². The van der Waals surface area contributed by atoms with Gasteiger partial charge in [-0.3, -0.25) is 48.1 Å². The molecule has 3 aliphatic rings. The summed E-state index contributed by atoms with van der Waals surface area (Å²) in [7, 11) is 0. The van der Waals surface area contributed by atoms with Gasteiger partial charge in [-0.1, -0.05) is 44.9 Å². The zero-order valence-electron chi connectivity index (χ0n) is 56.5. The molecule has 17 atom stereocenters. The van der Waals surface area contributed by atoms with Crippen LogP contribution in [0.2, 0.25) is 0 Å². The van der Waals surface area contributed by atoms with Crippen molar-refractivity contribution in [3.05, 3.63) is 0 Å². The molecular formula is C61H110InN10O24S2. The van der Waals surface area contributed by atoms with E-state index in [1.807, 2.05) is 4.90 Å². The molecule has 34 nitrogen and oxygen atoms in total. The maximum Gasteiger partial charge on any atom is 0.242 e. The zero-order chi connectivity index (χ0) is 71.8. The molecule has 3 aliphatic heterocycles. The molecule has 0 aromatic carbocycles. The zero-order valence-corrected chi connectivity index (χ0v) is 61.6. The fourth-order valence-electron chi connectivity index (χ4n) is 10.7. The number of unbranched alkanes of at least 4 members (excludes halogenated alkanes) is 11. The van der Waals surface area contributed by atoms with Crippen LogP contribution in [-0.4, -0.2) is 312 Å². The molecule has 2 unspecified atom stereocenters. The monoisotopic (exact) mass is 1540 g/mol. The van der Waals surface area contributed by atoms with Crippen LogP contribution in [0.1, 0.15) is 149 Å². The van der Waals surface area contributed by atoms with E-state index in [0.717, 1.165) is 0 Å². The topological polar surface area (TPSA) is 503 Å². The van der Waals surface area contributed by atoms with Gasteiger partial charge in [0.1, 0.15) is 66.8 Å². The first-order valence-corrected chi connectivity index (χ1v) is 34.9. The van der Waals surface area contributed by atoms with E-state index in [4.69, 9.17) is 28.4 Å². The van der Waals surface area contributed by atoms with Crippen molar-refractivity contribution in [1.29, 1.82) is 0 Å². The minimum absolute atomic E-state index is 0. The quantitative estimate of drug-likeness (QED) is 0.0200. The summed E-state index contributed by atoms with van der Waals surface area (Å²) in [5.41, 5.74) is 0. The van der Waals surface area contributed by atoms with Gasteiger partial charge in [-0.2, -0.15) is 25.3 Å². The average molecular weight is 1540 g/mol. The normalized spacial score (nSPS) is 25.9. The van der Waals surface area contributed by atoms with Crippen LogP contribution in [0, 0.1) is 0 Å². The Hall–Kier alpha value is -3.84. The number of thiol groups is 2. The van der Waals surface area contributed by atoms with Crippen molar-refractivity contribution in [3.8, 4) is 0 Å². The number of hydrogen-bond acceptors (Lipinski definition) is 27. The molecule has 18 N–H and O–H groups in total. The molecule has 3 radical (unpaired) electrons. The molecule has 0 bridgehead atoms. The van der Waals surface area contributed by atoms with Gasteiger partial charge in [-0.15, -0.1) is 0 Å². The second kappa shape index (κ2) is 51.3. The van der Waals surface area contributed by atoms with Crippen LogP contribution in [0.15, 0.2) is 0 Å². The van der Waals surface area contributed by atoms with Gasteiger partial charge in [0.05, 0.1) is 6.54 Å². The number of nitrogens with zero attached hydrogens (tertiary/aromatic N) is 1. The van der Waals surface area contributed by atoms with Crippen LogP contribution >= 0.6 is 25.3 Å². The molecule has 0 saturated carbocycles. The Morgan fingerprint density at radius 2 is 0.745 bits per heavy atom. The van der Waals surface area contributed by atoms with E-state index in [1.54, 1.807) is 0 Å². The summed E-state index contributed by atoms with van der Waals surface area (Å²) >= 11 is 8.45. The van der Waals surface area contributed by atoms with Crippen molar-refractivity contribution in [2.45, 2.75) is 254 Å². The number of amides is 9. The molecule has 0 aromatic heterocycles. The van der Waals surface area contributed by atoms with Crippen LogP contribution in [0.5, 0.6) is 0 Å². The van der Waals surface area contributed by atoms with Crippen molar-refractivity contribution >= 4 is 104 Å². The summed E-state index contributed by atoms with van der Waals surface area (Å²) in [5.74, 6) is -3.26. The van der Waals surface area contributed by atoms with Gasteiger partial charge in [-0.25, -0.2) is 0 Å². The SMILES string of the molecule is CC(=O)N[C@H]1[C@H](OCCCCCCNC(=O)CCC(NC(=O)CCC(NC(=O)CCCCCN(CCS)CC(=O)NCCS)C(=O)NCCCCCCO[C@@H]2O[C@H](O)[C@H](O)[C@H](O)[C@H]2NC(C)=O)C(=O)NCCCCCCO[C@@H]2O[C@H](O)[C@H](O)[C@H](O)[C@H]2NC(C)=O)O[C@H](O)[C@H](O)[C@@H]1O.[111In]. The third-order valence-corrected chi connectivity index (χ3v) is 16.5. The molecule has 563 valence electrons. The van der Waals surface area contributed by atoms with Gasteiger partial charge in [-0.05, 0) is 70.8 Å². The van der Waals surface area contributed by atoms with Gasteiger partial charge >= 0.3 is 0 Å². The van der Waals surface area contributed by atoms with Crippen molar-refractivity contribution in [2.75, 3.05) is 77.1 Å². The summed E-state index contributed by atoms with van der Waals surface area (Å²) < 4.78 is 32.8. The fraction of sp³-hybridized carbons (Fsp3) is 0.852. The second-order valence-corrected chi connectivity index (χ2v) is 25.2. The van der Waals surface area contributed by atoms with E-state index in [9.17, 15) is 89.1 Å². The smallest absolute Gasteiger partial charge is 0.242 e. The molecule has 98 heavy (non-hydrogen) atoms. The van der Waals surface area contributed by atoms with Gasteiger partial charge in [0, 0.05) is 130 Å². The first-order chi connectivity index (χ1) is 46.3. The minimum atomic E-state index is -1.75. The number of rotatable bonds is 49. The first-order valence-electron chi connectivity index (χ1n) is 33.6. The molecule has 9 amide bonds. The number of aliphatic hydroxyl groups is 9. The summed E-state index contributed by atoms with van der Waals surface area (Å²) in [5, 5.41) is 115. The van der Waals surface area contributed by atoms with Gasteiger partial charge < -0.3 is 122 Å². The van der Waals surface area contributed by atoms with E-state index >= 15 is 0 Å². The Morgan fingerprint density at radius 1 is 0.398 bits per heavy atom. The Morgan fingerprint density at radius 3 is 1.12 bits per heavy atom. The number of aliphatic hydroxyl groups excluding tert-OH is 9. The number of carbonyl (C=O) groups is 9. The Kier molecular flexibility index (Phi) is 47.3. The molecule has 0 spiro atoms. The van der Waals surface area contributed by atoms with Crippen molar-refractivity contribution in [2.24, 2.45) is 0 Å². The van der Waals surface area contributed by atoms with Crippen molar-refractivity contribution in [3.63, 3.8) is 0 Å². The molecule has 3 rings (SSSR count). The molecule has 0 aromatic rings. The number of hydrogen-bond donors (Lipinski definition) is 20. The summed E-state index contributed by atoms with van der Waals surface area (Å²) in [4.78, 5) is 118. The predicted octanol–water partition coefficient (Wildman–Crippen LogP) is -5.24. The maximum absolute atomic E-state index is 13.8. The van der Waals surface area contributed by atoms with Crippen LogP contribution < -0.4 is 47.9 Å². The van der Waals surface area contributed by atoms with E-state index in [1.165, 1.54) is 20.8 Å². The molecule has 3 heterocycles. The largest absolute Gasteiger partial charge is 0.388 e. The predicted molar refractivity (Wildman–Crippen MR) is 357 cm³/mol. The van der Waals surface area contributed by atoms with E-state index in [0.29, 0.717) is 127 Å². The fourth-order valence-corrected chi connectivity index (χ4v) is 11.1. The van der Waals surface area contributed by atoms with Crippen LogP contribution in [0.3, 0.4) is 0 Å². The molecule has 3 fully saturated rings. The molecule has 37 heteroatoms. The summed E-state index contributed by atoms with van der Waals surface area (Å²) in [6.45, 7) is 6.39. The number of ether oxygens (including phenoxy) is 6. The van der Waals surface area contributed by atoms with Crippen LogP contribution in [0.25, 0.3) is 0 Å². The average Bonchev–Trinajstić information content (AvgIpc) is 0.830. The molecule has 0 aliphatic carbocycles. The maximum atomic E-state index is 13.8. The van der Waals surface area contributed by atoms with E-state index in [2.05, 4.69) is 73.1 Å². The van der Waals surface area contributed by atoms with Crippen LogP contribution in [-0.2, 0) is 71.6 Å². The number of carbonyl (C=O) groups excluding carboxylic acids is 9. The number of nitrogens with one attached hydrogen (secondary N) is 9. The first kappa shape index (κ1) is 90.2. The third kappa shape index (κ3) is 35.9. The Bertz CT molecular complexity index is 2360. The van der Waals surface area contributed by atoms with Gasteiger partial charge in [0.15, 0.2) is 37.7 Å². The standard InChI is InChI=1S/C61H110N10O24S2.In/c1-36(72)66-45-48(79)51(82)56(87)93-59(45)90-30-16-7-4-12-24-62-41(75)22-20-39(54(85)64-25-13-5-8-17-31-91-60-46(67-37(2)73)49(80)52(83)57(88)94-60)70-43(77)23-21-40(69-42(76)19-11-10-15-28-71(29-34-97)35-44(78)63-27-33-96)55(86)65-26-14-6-9-18-32-92-61-47(68-38(3)74)50(81)53(84)58(89)95-61;/h39-40,45-53,56-61,79-84,87-89,96-97H,4-35H2,1-3H3,(H,62,75)(H,63,78)(H,64,85)(H,65,86)(H,66,72)(H,67,73)(H,68,74)(H,69,76)(H,70,77);/t39?,40?,45-,46-,47-,48-,49-,50-,51-,52-,53-,56+,57+,58+,59-,60-,61-;/m1./s1/i;1-4. The van der Waals surface area contributed by atoms with Crippen molar-refractivity contribution < 1.29 is 118 Å². The summed E-state index contributed by atoms with van der Waals surface area (Å²) in [6, 6.07) is -5.79. The van der Waals surface area contributed by atoms with E-state index in [-0.39, 0.29) is 110 Å². The van der Waals surface area contributed by atoms with Gasteiger partial charge in [0.2, 0.25) is 53.2 Å². The minimum Gasteiger partial charge on any atom is -0.388 e. The second-order valence-electron chi connectivity index (χ2n) is 24.3. The Labute approximate surface area is 602 Å². The molecular weight excluding hydrogens is 1430 g/mol. The van der Waals surface area contributed by atoms with E-state index < -0.39 is 152 Å². The molecule has 3 saturated heterocycles. The third-order valence-electron chi connectivity index (χ3n) is 16.0. The van der Waals surface area contributed by atoms with Crippen molar-refractivity contribution in [1.82, 2.24) is 52.8 Å². The Balaban J connectivity index is 0.0000327. The summed E-state index contributed by atoms with van der Waals surface area (Å²) in [6.07, 6.45) is -10.9.